The topological polar surface area (TPSA) is 55.4 Å². The molecule has 1 aliphatic rings. The van der Waals surface area contributed by atoms with Crippen LogP contribution in [0.5, 0.6) is 0 Å². The first-order chi connectivity index (χ1) is 10.7. The second-order valence-electron chi connectivity index (χ2n) is 5.27. The van der Waals surface area contributed by atoms with Crippen LogP contribution in [0.25, 0.3) is 0 Å². The predicted octanol–water partition coefficient (Wildman–Crippen LogP) is 2.64. The van der Waals surface area contributed by atoms with Gasteiger partial charge < -0.3 is 10.1 Å². The van der Waals surface area contributed by atoms with Crippen LogP contribution in [0.4, 0.5) is 0 Å². The van der Waals surface area contributed by atoms with Crippen LogP contribution in [-0.2, 0) is 27.2 Å². The molecule has 1 N–H and O–H groups in total. The third kappa shape index (κ3) is 3.54. The number of rotatable bonds is 5. The Balaban J connectivity index is 1.46. The maximum Gasteiger partial charge on any atom is 0.311 e. The number of carbonyl (C=O) groups excluding carboxylic acids is 2. The van der Waals surface area contributed by atoms with Crippen LogP contribution in [-0.4, -0.2) is 18.5 Å². The highest BCUT2D eigenvalue weighted by atomic mass is 32.1. The Morgan fingerprint density at radius 1 is 1.23 bits per heavy atom. The summed E-state index contributed by atoms with van der Waals surface area (Å²) in [7, 11) is 0. The van der Waals surface area contributed by atoms with Gasteiger partial charge in [-0.05, 0) is 35.4 Å². The maximum atomic E-state index is 11.9. The third-order valence-corrected chi connectivity index (χ3v) is 4.61. The molecule has 1 atom stereocenters. The van der Waals surface area contributed by atoms with E-state index in [1.807, 2.05) is 35.7 Å². The number of nitrogens with one attached hydrogen (secondary N) is 1. The first kappa shape index (κ1) is 14.8. The maximum absolute atomic E-state index is 11.9. The molecule has 2 aromatic rings. The Morgan fingerprint density at radius 3 is 2.91 bits per heavy atom. The number of hydrogen-bond acceptors (Lipinski definition) is 4. The molecular formula is C17H17NO3S. The Morgan fingerprint density at radius 2 is 2.09 bits per heavy atom. The van der Waals surface area contributed by atoms with Crippen molar-refractivity contribution in [2.45, 2.75) is 25.3 Å². The van der Waals surface area contributed by atoms with E-state index in [1.165, 1.54) is 22.5 Å². The van der Waals surface area contributed by atoms with Crippen molar-refractivity contribution in [1.82, 2.24) is 5.32 Å². The molecule has 3 rings (SSSR count). The highest BCUT2D eigenvalue weighted by Crippen LogP contribution is 2.30. The lowest BCUT2D eigenvalue weighted by molar-refractivity contribution is -0.148. The number of carbonyl (C=O) groups is 2. The van der Waals surface area contributed by atoms with E-state index in [-0.39, 0.29) is 30.9 Å². The van der Waals surface area contributed by atoms with E-state index in [0.29, 0.717) is 0 Å². The number of hydrogen-bond donors (Lipinski definition) is 1. The molecule has 0 aliphatic heterocycles. The van der Waals surface area contributed by atoms with Crippen LogP contribution in [0.2, 0.25) is 0 Å². The van der Waals surface area contributed by atoms with Gasteiger partial charge in [0.2, 0.25) is 0 Å². The Hall–Kier alpha value is -2.14. The molecule has 0 bridgehead atoms. The first-order valence-corrected chi connectivity index (χ1v) is 8.15. The summed E-state index contributed by atoms with van der Waals surface area (Å²) in [5.41, 5.74) is 2.45. The normalized spacial score (nSPS) is 16.1. The molecule has 22 heavy (non-hydrogen) atoms. The van der Waals surface area contributed by atoms with Gasteiger partial charge in [-0.1, -0.05) is 30.3 Å². The van der Waals surface area contributed by atoms with E-state index in [2.05, 4.69) is 11.4 Å². The van der Waals surface area contributed by atoms with Crippen molar-refractivity contribution in [2.24, 2.45) is 0 Å². The number of esters is 1. The molecular weight excluding hydrogens is 298 g/mol. The lowest BCUT2D eigenvalue weighted by atomic mass is 10.1. The molecule has 0 spiro atoms. The molecule has 0 saturated heterocycles. The van der Waals surface area contributed by atoms with Crippen LogP contribution in [0, 0.1) is 0 Å². The highest BCUT2D eigenvalue weighted by Gasteiger charge is 2.23. The van der Waals surface area contributed by atoms with Gasteiger partial charge in [-0.3, -0.25) is 9.59 Å². The van der Waals surface area contributed by atoms with Gasteiger partial charge in [0.05, 0.1) is 12.5 Å². The molecule has 5 heteroatoms. The average molecular weight is 315 g/mol. The van der Waals surface area contributed by atoms with Gasteiger partial charge in [0.15, 0.2) is 6.61 Å². The lowest BCUT2D eigenvalue weighted by Crippen LogP contribution is -2.31. The Labute approximate surface area is 133 Å². The second-order valence-corrected chi connectivity index (χ2v) is 6.31. The van der Waals surface area contributed by atoms with Crippen LogP contribution in [0.1, 0.15) is 28.5 Å². The smallest absolute Gasteiger partial charge is 0.311 e. The predicted molar refractivity (Wildman–Crippen MR) is 84.6 cm³/mol. The number of thiophene rings is 1. The summed E-state index contributed by atoms with van der Waals surface area (Å²) in [6.45, 7) is -0.219. The van der Waals surface area contributed by atoms with Gasteiger partial charge in [0.25, 0.3) is 5.91 Å². The molecule has 1 aliphatic carbocycles. The molecule has 1 aromatic heterocycles. The molecule has 1 amide bonds. The van der Waals surface area contributed by atoms with Gasteiger partial charge in [0.1, 0.15) is 0 Å². The van der Waals surface area contributed by atoms with E-state index in [4.69, 9.17) is 4.74 Å². The molecule has 4 nitrogen and oxygen atoms in total. The van der Waals surface area contributed by atoms with Gasteiger partial charge >= 0.3 is 5.97 Å². The van der Waals surface area contributed by atoms with E-state index >= 15 is 0 Å². The van der Waals surface area contributed by atoms with E-state index in [0.717, 1.165) is 17.7 Å². The summed E-state index contributed by atoms with van der Waals surface area (Å²) in [6.07, 6.45) is 2.09. The molecule has 0 radical (unpaired) electrons. The quantitative estimate of drug-likeness (QED) is 0.863. The van der Waals surface area contributed by atoms with Crippen molar-refractivity contribution < 1.29 is 14.3 Å². The van der Waals surface area contributed by atoms with Gasteiger partial charge in [-0.15, -0.1) is 11.3 Å². The number of amides is 1. The molecule has 0 saturated carbocycles. The van der Waals surface area contributed by atoms with E-state index in [9.17, 15) is 9.59 Å². The fraction of sp³-hybridized carbons (Fsp3) is 0.294. The van der Waals surface area contributed by atoms with Crippen molar-refractivity contribution in [3.63, 3.8) is 0 Å². The monoisotopic (exact) mass is 315 g/mol. The zero-order chi connectivity index (χ0) is 15.4. The first-order valence-electron chi connectivity index (χ1n) is 7.27. The average Bonchev–Trinajstić information content (AvgIpc) is 3.16. The zero-order valence-electron chi connectivity index (χ0n) is 12.1. The molecule has 1 heterocycles. The number of ether oxygens (including phenoxy) is 1. The van der Waals surface area contributed by atoms with E-state index in [1.54, 1.807) is 0 Å². The summed E-state index contributed by atoms with van der Waals surface area (Å²) < 4.78 is 5.03. The minimum Gasteiger partial charge on any atom is -0.455 e. The van der Waals surface area contributed by atoms with Gasteiger partial charge in [-0.2, -0.15) is 0 Å². The molecule has 114 valence electrons. The minimum atomic E-state index is -0.371. The number of benzene rings is 1. The van der Waals surface area contributed by atoms with Crippen LogP contribution < -0.4 is 5.32 Å². The molecule has 0 fully saturated rings. The van der Waals surface area contributed by atoms with Gasteiger partial charge in [0, 0.05) is 4.88 Å². The fourth-order valence-corrected chi connectivity index (χ4v) is 3.39. The van der Waals surface area contributed by atoms with Crippen molar-refractivity contribution >= 4 is 23.2 Å². The van der Waals surface area contributed by atoms with Crippen LogP contribution in [0.3, 0.4) is 0 Å². The van der Waals surface area contributed by atoms with Crippen molar-refractivity contribution in [2.75, 3.05) is 6.61 Å². The van der Waals surface area contributed by atoms with Crippen molar-refractivity contribution in [1.29, 1.82) is 0 Å². The summed E-state index contributed by atoms with van der Waals surface area (Å²) >= 11 is 1.50. The van der Waals surface area contributed by atoms with Crippen molar-refractivity contribution in [3.8, 4) is 0 Å². The summed E-state index contributed by atoms with van der Waals surface area (Å²) in [6, 6.07) is 11.9. The number of aryl methyl sites for hydroxylation is 1. The Bertz CT molecular complexity index is 666. The van der Waals surface area contributed by atoms with Crippen LogP contribution in [0.15, 0.2) is 41.8 Å². The SMILES string of the molecule is O=C(COC(=O)Cc1cccs1)NC1CCc2ccccc21. The second kappa shape index (κ2) is 6.75. The fourth-order valence-electron chi connectivity index (χ4n) is 2.70. The Kier molecular flexibility index (Phi) is 4.53. The number of fused-ring (bicyclic) bond motifs is 1. The highest BCUT2D eigenvalue weighted by molar-refractivity contribution is 7.10. The zero-order valence-corrected chi connectivity index (χ0v) is 12.9. The standard InChI is InChI=1S/C17H17NO3S/c19-16(11-21-17(20)10-13-5-3-9-22-13)18-15-8-7-12-4-1-2-6-14(12)15/h1-6,9,15H,7-8,10-11H2,(H,18,19). The summed E-state index contributed by atoms with van der Waals surface area (Å²) in [4.78, 5) is 24.5. The largest absolute Gasteiger partial charge is 0.455 e. The summed E-state index contributed by atoms with van der Waals surface area (Å²) in [5.74, 6) is -0.620. The molecule has 1 aromatic carbocycles. The van der Waals surface area contributed by atoms with Gasteiger partial charge in [-0.25, -0.2) is 0 Å². The van der Waals surface area contributed by atoms with Crippen molar-refractivity contribution in [3.05, 3.63) is 57.8 Å². The summed E-state index contributed by atoms with van der Waals surface area (Å²) in [5, 5.41) is 4.85. The molecule has 1 unspecified atom stereocenters. The minimum absolute atomic E-state index is 0.0275. The van der Waals surface area contributed by atoms with Crippen LogP contribution >= 0.6 is 11.3 Å². The lowest BCUT2D eigenvalue weighted by Gasteiger charge is -2.14. The van der Waals surface area contributed by atoms with E-state index < -0.39 is 0 Å². The third-order valence-electron chi connectivity index (χ3n) is 3.73.